The molecule has 0 bridgehead atoms. The van der Waals surface area contributed by atoms with Crippen molar-refractivity contribution in [2.75, 3.05) is 19.0 Å². The molecule has 1 heterocycles. The predicted octanol–water partition coefficient (Wildman–Crippen LogP) is 3.16. The van der Waals surface area contributed by atoms with Crippen LogP contribution in [0.1, 0.15) is 39.0 Å². The maximum absolute atomic E-state index is 5.79. The van der Waals surface area contributed by atoms with E-state index in [1.54, 1.807) is 0 Å². The van der Waals surface area contributed by atoms with Gasteiger partial charge in [0.1, 0.15) is 0 Å². The van der Waals surface area contributed by atoms with Crippen LogP contribution in [0.15, 0.2) is 0 Å². The molecule has 0 aromatic carbocycles. The van der Waals surface area contributed by atoms with Gasteiger partial charge in [0.25, 0.3) is 0 Å². The van der Waals surface area contributed by atoms with Crippen LogP contribution in [-0.2, 0) is 0 Å². The Hall–Kier alpha value is -1.10. The lowest BCUT2D eigenvalue weighted by Crippen LogP contribution is -2.17. The third kappa shape index (κ3) is 4.49. The summed E-state index contributed by atoms with van der Waals surface area (Å²) >= 11 is 5.79. The van der Waals surface area contributed by atoms with Crippen molar-refractivity contribution in [1.29, 1.82) is 0 Å². The first kappa shape index (κ1) is 14.3. The van der Waals surface area contributed by atoms with Crippen molar-refractivity contribution < 1.29 is 4.74 Å². The van der Waals surface area contributed by atoms with E-state index < -0.39 is 0 Å². The van der Waals surface area contributed by atoms with E-state index in [2.05, 4.69) is 27.2 Å². The molecular formula is C13H21ClN4O. The summed E-state index contributed by atoms with van der Waals surface area (Å²) in [6, 6.07) is 0.244. The first-order chi connectivity index (χ1) is 9.17. The highest BCUT2D eigenvalue weighted by atomic mass is 35.5. The van der Waals surface area contributed by atoms with Crippen LogP contribution in [0.25, 0.3) is 0 Å². The molecule has 5 nitrogen and oxygen atoms in total. The van der Waals surface area contributed by atoms with Crippen LogP contribution >= 0.6 is 11.6 Å². The van der Waals surface area contributed by atoms with E-state index in [0.717, 1.165) is 24.8 Å². The highest BCUT2D eigenvalue weighted by molar-refractivity contribution is 6.28. The highest BCUT2D eigenvalue weighted by Crippen LogP contribution is 2.30. The summed E-state index contributed by atoms with van der Waals surface area (Å²) in [5, 5.41) is 3.35. The fraction of sp³-hybridized carbons (Fsp3) is 0.769. The van der Waals surface area contributed by atoms with E-state index in [-0.39, 0.29) is 11.3 Å². The first-order valence-corrected chi connectivity index (χ1v) is 7.24. The molecule has 1 saturated carbocycles. The molecule has 0 aliphatic heterocycles. The van der Waals surface area contributed by atoms with E-state index in [1.807, 2.05) is 0 Å². The Bertz CT molecular complexity index is 416. The van der Waals surface area contributed by atoms with Crippen molar-refractivity contribution in [3.8, 4) is 6.01 Å². The van der Waals surface area contributed by atoms with Crippen molar-refractivity contribution in [3.05, 3.63) is 5.28 Å². The number of anilines is 1. The Morgan fingerprint density at radius 2 is 2.16 bits per heavy atom. The SMILES string of the molecule is COc1nc(Cl)nc(NCCC2CCCC(C)C2)n1. The molecule has 1 aliphatic rings. The number of rotatable bonds is 5. The van der Waals surface area contributed by atoms with Crippen LogP contribution in [0, 0.1) is 11.8 Å². The Balaban J connectivity index is 1.80. The normalized spacial score (nSPS) is 23.1. The van der Waals surface area contributed by atoms with Crippen molar-refractivity contribution in [2.24, 2.45) is 11.8 Å². The third-order valence-corrected chi connectivity index (χ3v) is 3.82. The zero-order valence-corrected chi connectivity index (χ0v) is 12.3. The minimum atomic E-state index is 0.153. The largest absolute Gasteiger partial charge is 0.467 e. The number of aromatic nitrogens is 3. The van der Waals surface area contributed by atoms with E-state index in [4.69, 9.17) is 16.3 Å². The van der Waals surface area contributed by atoms with E-state index in [0.29, 0.717) is 5.95 Å². The van der Waals surface area contributed by atoms with Crippen molar-refractivity contribution in [2.45, 2.75) is 39.0 Å². The number of halogens is 1. The lowest BCUT2D eigenvalue weighted by atomic mass is 9.81. The Morgan fingerprint density at radius 1 is 1.32 bits per heavy atom. The molecular weight excluding hydrogens is 264 g/mol. The summed E-state index contributed by atoms with van der Waals surface area (Å²) in [6.07, 6.45) is 6.56. The highest BCUT2D eigenvalue weighted by Gasteiger charge is 2.18. The van der Waals surface area contributed by atoms with Gasteiger partial charge in [-0.25, -0.2) is 0 Å². The molecule has 106 valence electrons. The fourth-order valence-corrected chi connectivity index (χ4v) is 2.86. The topological polar surface area (TPSA) is 59.9 Å². The number of nitrogens with one attached hydrogen (secondary N) is 1. The van der Waals surface area contributed by atoms with Gasteiger partial charge in [-0.15, -0.1) is 0 Å². The first-order valence-electron chi connectivity index (χ1n) is 6.87. The number of ether oxygens (including phenoxy) is 1. The molecule has 1 N–H and O–H groups in total. The Kier molecular flexibility index (Phi) is 5.19. The molecule has 0 spiro atoms. The average Bonchev–Trinajstić information content (AvgIpc) is 2.38. The van der Waals surface area contributed by atoms with Crippen molar-refractivity contribution in [1.82, 2.24) is 15.0 Å². The number of hydrogen-bond donors (Lipinski definition) is 1. The van der Waals surface area contributed by atoms with Crippen LogP contribution < -0.4 is 10.1 Å². The van der Waals surface area contributed by atoms with Gasteiger partial charge in [0.15, 0.2) is 0 Å². The molecule has 2 atom stereocenters. The zero-order chi connectivity index (χ0) is 13.7. The van der Waals surface area contributed by atoms with Crippen molar-refractivity contribution in [3.63, 3.8) is 0 Å². The van der Waals surface area contributed by atoms with Gasteiger partial charge >= 0.3 is 6.01 Å². The van der Waals surface area contributed by atoms with Crippen LogP contribution in [0.5, 0.6) is 6.01 Å². The summed E-state index contributed by atoms with van der Waals surface area (Å²) < 4.78 is 4.96. The van der Waals surface area contributed by atoms with Crippen LogP contribution in [0.4, 0.5) is 5.95 Å². The minimum absolute atomic E-state index is 0.153. The maximum atomic E-state index is 5.79. The molecule has 2 unspecified atom stereocenters. The lowest BCUT2D eigenvalue weighted by molar-refractivity contribution is 0.274. The summed E-state index contributed by atoms with van der Waals surface area (Å²) in [4.78, 5) is 12.0. The molecule has 6 heteroatoms. The van der Waals surface area contributed by atoms with E-state index in [1.165, 1.54) is 32.8 Å². The molecule has 2 rings (SSSR count). The predicted molar refractivity (Wildman–Crippen MR) is 75.6 cm³/mol. The van der Waals surface area contributed by atoms with Crippen LogP contribution in [0.2, 0.25) is 5.28 Å². The van der Waals surface area contributed by atoms with Gasteiger partial charge in [-0.05, 0) is 36.3 Å². The third-order valence-electron chi connectivity index (χ3n) is 3.65. The number of hydrogen-bond acceptors (Lipinski definition) is 5. The van der Waals surface area contributed by atoms with Gasteiger partial charge in [0.05, 0.1) is 7.11 Å². The van der Waals surface area contributed by atoms with Gasteiger partial charge in [0, 0.05) is 6.54 Å². The van der Waals surface area contributed by atoms with E-state index in [9.17, 15) is 0 Å². The second-order valence-electron chi connectivity index (χ2n) is 5.27. The molecule has 0 radical (unpaired) electrons. The lowest BCUT2D eigenvalue weighted by Gasteiger charge is -2.26. The number of methoxy groups -OCH3 is 1. The molecule has 0 amide bonds. The average molecular weight is 285 g/mol. The zero-order valence-electron chi connectivity index (χ0n) is 11.5. The Morgan fingerprint density at radius 3 is 2.89 bits per heavy atom. The molecule has 0 saturated heterocycles. The van der Waals surface area contributed by atoms with Gasteiger partial charge in [0.2, 0.25) is 11.2 Å². The minimum Gasteiger partial charge on any atom is -0.467 e. The molecule has 1 aromatic heterocycles. The van der Waals surface area contributed by atoms with E-state index >= 15 is 0 Å². The van der Waals surface area contributed by atoms with Gasteiger partial charge in [-0.1, -0.05) is 26.2 Å². The van der Waals surface area contributed by atoms with Crippen LogP contribution in [-0.4, -0.2) is 28.6 Å². The summed E-state index contributed by atoms with van der Waals surface area (Å²) in [5.41, 5.74) is 0. The number of nitrogens with zero attached hydrogens (tertiary/aromatic N) is 3. The Labute approximate surface area is 119 Å². The standard InChI is InChI=1S/C13H21ClN4O/c1-9-4-3-5-10(8-9)6-7-15-12-16-11(14)17-13(18-12)19-2/h9-10H,3-8H2,1-2H3,(H,15,16,17,18). The van der Waals surface area contributed by atoms with Crippen LogP contribution in [0.3, 0.4) is 0 Å². The molecule has 19 heavy (non-hydrogen) atoms. The molecule has 1 fully saturated rings. The summed E-state index contributed by atoms with van der Waals surface area (Å²) in [6.45, 7) is 3.21. The van der Waals surface area contributed by atoms with Gasteiger partial charge < -0.3 is 10.1 Å². The van der Waals surface area contributed by atoms with Gasteiger partial charge in [-0.2, -0.15) is 15.0 Å². The summed E-state index contributed by atoms with van der Waals surface area (Å²) in [7, 11) is 1.51. The summed E-state index contributed by atoms with van der Waals surface area (Å²) in [5.74, 6) is 2.17. The fourth-order valence-electron chi connectivity index (χ4n) is 2.71. The molecule has 1 aliphatic carbocycles. The quantitative estimate of drug-likeness (QED) is 0.900. The maximum Gasteiger partial charge on any atom is 0.322 e. The smallest absolute Gasteiger partial charge is 0.322 e. The second kappa shape index (κ2) is 6.89. The van der Waals surface area contributed by atoms with Crippen molar-refractivity contribution >= 4 is 17.5 Å². The monoisotopic (exact) mass is 284 g/mol. The second-order valence-corrected chi connectivity index (χ2v) is 5.61. The van der Waals surface area contributed by atoms with Gasteiger partial charge in [-0.3, -0.25) is 0 Å². The molecule has 1 aromatic rings.